The second kappa shape index (κ2) is 4.01. The summed E-state index contributed by atoms with van der Waals surface area (Å²) in [6, 6.07) is 6.67. The lowest BCUT2D eigenvalue weighted by atomic mass is 10.1. The Morgan fingerprint density at radius 2 is 1.94 bits per heavy atom. The molecule has 0 radical (unpaired) electrons. The summed E-state index contributed by atoms with van der Waals surface area (Å²) in [5.74, 6) is 0. The SMILES string of the molecule is Cc1c(-c2ccccc2[N+](=O)[O-])nn(C)c1C. The number of benzene rings is 1. The van der Waals surface area contributed by atoms with Crippen LogP contribution in [0.4, 0.5) is 5.69 Å². The second-order valence-electron chi connectivity index (χ2n) is 3.96. The van der Waals surface area contributed by atoms with E-state index in [0.29, 0.717) is 11.3 Å². The average molecular weight is 231 g/mol. The lowest BCUT2D eigenvalue weighted by Gasteiger charge is -2.00. The molecule has 0 saturated carbocycles. The zero-order chi connectivity index (χ0) is 12.6. The molecule has 0 amide bonds. The third kappa shape index (κ3) is 1.80. The van der Waals surface area contributed by atoms with E-state index in [1.807, 2.05) is 20.9 Å². The van der Waals surface area contributed by atoms with E-state index in [2.05, 4.69) is 5.10 Å². The van der Waals surface area contributed by atoms with Crippen LogP contribution in [0, 0.1) is 24.0 Å². The molecule has 1 aromatic heterocycles. The summed E-state index contributed by atoms with van der Waals surface area (Å²) in [7, 11) is 1.83. The van der Waals surface area contributed by atoms with Gasteiger partial charge < -0.3 is 0 Å². The number of hydrogen-bond acceptors (Lipinski definition) is 3. The van der Waals surface area contributed by atoms with Gasteiger partial charge in [-0.1, -0.05) is 12.1 Å². The van der Waals surface area contributed by atoms with Crippen LogP contribution >= 0.6 is 0 Å². The molecular weight excluding hydrogens is 218 g/mol. The molecule has 1 aromatic carbocycles. The monoisotopic (exact) mass is 231 g/mol. The van der Waals surface area contributed by atoms with Gasteiger partial charge in [-0.15, -0.1) is 0 Å². The predicted octanol–water partition coefficient (Wildman–Crippen LogP) is 2.61. The third-order valence-corrected chi connectivity index (χ3v) is 2.99. The maximum atomic E-state index is 11.0. The molecule has 0 aliphatic rings. The van der Waals surface area contributed by atoms with Crippen molar-refractivity contribution in [3.63, 3.8) is 0 Å². The van der Waals surface area contributed by atoms with Crippen LogP contribution in [0.15, 0.2) is 24.3 Å². The molecule has 2 rings (SSSR count). The maximum Gasteiger partial charge on any atom is 0.278 e. The predicted molar refractivity (Wildman–Crippen MR) is 64.8 cm³/mol. The summed E-state index contributed by atoms with van der Waals surface area (Å²) in [6.45, 7) is 3.87. The van der Waals surface area contributed by atoms with Crippen molar-refractivity contribution >= 4 is 5.69 Å². The van der Waals surface area contributed by atoms with E-state index in [4.69, 9.17) is 0 Å². The molecule has 0 spiro atoms. The molecule has 0 saturated heterocycles. The van der Waals surface area contributed by atoms with Crippen molar-refractivity contribution in [2.45, 2.75) is 13.8 Å². The minimum atomic E-state index is -0.376. The van der Waals surface area contributed by atoms with Crippen LogP contribution < -0.4 is 0 Å². The summed E-state index contributed by atoms with van der Waals surface area (Å²) in [5, 5.41) is 15.3. The normalized spacial score (nSPS) is 10.5. The van der Waals surface area contributed by atoms with Crippen molar-refractivity contribution in [2.75, 3.05) is 0 Å². The van der Waals surface area contributed by atoms with Crippen LogP contribution in [0.25, 0.3) is 11.3 Å². The van der Waals surface area contributed by atoms with E-state index in [-0.39, 0.29) is 10.6 Å². The van der Waals surface area contributed by atoms with Crippen molar-refractivity contribution < 1.29 is 4.92 Å². The summed E-state index contributed by atoms with van der Waals surface area (Å²) < 4.78 is 1.74. The smallest absolute Gasteiger partial charge is 0.272 e. The molecule has 88 valence electrons. The Morgan fingerprint density at radius 3 is 2.47 bits per heavy atom. The third-order valence-electron chi connectivity index (χ3n) is 2.99. The summed E-state index contributed by atoms with van der Waals surface area (Å²) >= 11 is 0. The number of nitro benzene ring substituents is 1. The molecular formula is C12H13N3O2. The summed E-state index contributed by atoms with van der Waals surface area (Å²) in [4.78, 5) is 10.6. The summed E-state index contributed by atoms with van der Waals surface area (Å²) in [5.41, 5.74) is 3.32. The molecule has 17 heavy (non-hydrogen) atoms. The second-order valence-corrected chi connectivity index (χ2v) is 3.96. The van der Waals surface area contributed by atoms with Gasteiger partial charge in [0, 0.05) is 18.8 Å². The number of aryl methyl sites for hydroxylation is 1. The van der Waals surface area contributed by atoms with E-state index in [9.17, 15) is 10.1 Å². The van der Waals surface area contributed by atoms with Crippen LogP contribution in [-0.2, 0) is 7.05 Å². The highest BCUT2D eigenvalue weighted by Gasteiger charge is 2.19. The fourth-order valence-corrected chi connectivity index (χ4v) is 1.80. The van der Waals surface area contributed by atoms with Crippen LogP contribution in [0.5, 0.6) is 0 Å². The first-order chi connectivity index (χ1) is 8.02. The van der Waals surface area contributed by atoms with Gasteiger partial charge in [-0.2, -0.15) is 5.10 Å². The highest BCUT2D eigenvalue weighted by molar-refractivity contribution is 5.73. The van der Waals surface area contributed by atoms with Crippen LogP contribution in [0.1, 0.15) is 11.3 Å². The Hall–Kier alpha value is -2.17. The van der Waals surface area contributed by atoms with Gasteiger partial charge >= 0.3 is 0 Å². The molecule has 0 atom stereocenters. The zero-order valence-corrected chi connectivity index (χ0v) is 9.97. The van der Waals surface area contributed by atoms with Gasteiger partial charge in [-0.25, -0.2) is 0 Å². The van der Waals surface area contributed by atoms with Gasteiger partial charge in [0.05, 0.1) is 10.5 Å². The highest BCUT2D eigenvalue weighted by atomic mass is 16.6. The zero-order valence-electron chi connectivity index (χ0n) is 9.97. The Morgan fingerprint density at radius 1 is 1.29 bits per heavy atom. The molecule has 5 heteroatoms. The first kappa shape index (κ1) is 11.3. The average Bonchev–Trinajstić information content (AvgIpc) is 2.57. The van der Waals surface area contributed by atoms with Gasteiger partial charge in [0.2, 0.25) is 0 Å². The van der Waals surface area contributed by atoms with Crippen LogP contribution in [-0.4, -0.2) is 14.7 Å². The van der Waals surface area contributed by atoms with E-state index >= 15 is 0 Å². The molecule has 0 aliphatic carbocycles. The number of nitro groups is 1. The van der Waals surface area contributed by atoms with Crippen LogP contribution in [0.2, 0.25) is 0 Å². The standard InChI is InChI=1S/C12H13N3O2/c1-8-9(2)14(3)13-12(8)10-6-4-5-7-11(10)15(16)17/h4-7H,1-3H3. The van der Waals surface area contributed by atoms with Gasteiger partial charge in [0.1, 0.15) is 5.69 Å². The molecule has 0 aliphatic heterocycles. The van der Waals surface area contributed by atoms with Crippen molar-refractivity contribution in [2.24, 2.45) is 7.05 Å². The minimum absolute atomic E-state index is 0.0914. The first-order valence-corrected chi connectivity index (χ1v) is 5.26. The van der Waals surface area contributed by atoms with Gasteiger partial charge in [0.25, 0.3) is 5.69 Å². The molecule has 0 N–H and O–H groups in total. The summed E-state index contributed by atoms with van der Waals surface area (Å²) in [6.07, 6.45) is 0. The fraction of sp³-hybridized carbons (Fsp3) is 0.250. The van der Waals surface area contributed by atoms with Crippen molar-refractivity contribution in [3.8, 4) is 11.3 Å². The number of para-hydroxylation sites is 1. The van der Waals surface area contributed by atoms with Crippen molar-refractivity contribution in [3.05, 3.63) is 45.6 Å². The Balaban J connectivity index is 2.68. The van der Waals surface area contributed by atoms with E-state index in [1.54, 1.807) is 22.9 Å². The number of hydrogen-bond donors (Lipinski definition) is 0. The topological polar surface area (TPSA) is 61.0 Å². The Labute approximate surface area is 98.8 Å². The fourth-order valence-electron chi connectivity index (χ4n) is 1.80. The van der Waals surface area contributed by atoms with E-state index in [1.165, 1.54) is 6.07 Å². The number of rotatable bonds is 2. The Kier molecular flexibility index (Phi) is 2.67. The van der Waals surface area contributed by atoms with E-state index in [0.717, 1.165) is 11.3 Å². The maximum absolute atomic E-state index is 11.0. The lowest BCUT2D eigenvalue weighted by molar-refractivity contribution is -0.384. The number of aromatic nitrogens is 2. The van der Waals surface area contributed by atoms with Crippen molar-refractivity contribution in [1.29, 1.82) is 0 Å². The number of nitrogens with zero attached hydrogens (tertiary/aromatic N) is 3. The van der Waals surface area contributed by atoms with Crippen LogP contribution in [0.3, 0.4) is 0 Å². The van der Waals surface area contributed by atoms with Gasteiger partial charge in [-0.3, -0.25) is 14.8 Å². The minimum Gasteiger partial charge on any atom is -0.272 e. The molecule has 1 heterocycles. The van der Waals surface area contributed by atoms with Crippen molar-refractivity contribution in [1.82, 2.24) is 9.78 Å². The molecule has 0 fully saturated rings. The van der Waals surface area contributed by atoms with Gasteiger partial charge in [-0.05, 0) is 25.5 Å². The first-order valence-electron chi connectivity index (χ1n) is 5.26. The van der Waals surface area contributed by atoms with Gasteiger partial charge in [0.15, 0.2) is 0 Å². The molecule has 0 bridgehead atoms. The lowest BCUT2D eigenvalue weighted by Crippen LogP contribution is -1.94. The highest BCUT2D eigenvalue weighted by Crippen LogP contribution is 2.31. The molecule has 2 aromatic rings. The Bertz CT molecular complexity index is 587. The van der Waals surface area contributed by atoms with E-state index < -0.39 is 0 Å². The quantitative estimate of drug-likeness (QED) is 0.589. The molecule has 5 nitrogen and oxygen atoms in total. The molecule has 0 unspecified atom stereocenters. The largest absolute Gasteiger partial charge is 0.278 e.